The van der Waals surface area contributed by atoms with Crippen molar-refractivity contribution in [1.29, 1.82) is 0 Å². The summed E-state index contributed by atoms with van der Waals surface area (Å²) in [7, 11) is 2.25. The van der Waals surface area contributed by atoms with Crippen LogP contribution >= 0.6 is 0 Å². The van der Waals surface area contributed by atoms with Crippen molar-refractivity contribution in [2.24, 2.45) is 4.99 Å². The van der Waals surface area contributed by atoms with Gasteiger partial charge < -0.3 is 0 Å². The minimum atomic E-state index is 0.256. The van der Waals surface area contributed by atoms with Gasteiger partial charge >= 0.3 is 0 Å². The van der Waals surface area contributed by atoms with E-state index in [0.717, 1.165) is 6.42 Å². The molecule has 0 bridgehead atoms. The second kappa shape index (κ2) is 6.88. The second-order valence-corrected chi connectivity index (χ2v) is 7.43. The molecule has 0 aromatic rings. The maximum atomic E-state index is 4.85. The Hall–Kier alpha value is -0.370. The molecule has 0 aromatic carbocycles. The molecule has 0 N–H and O–H groups in total. The molecule has 0 aromatic heterocycles. The van der Waals surface area contributed by atoms with E-state index in [4.69, 9.17) is 4.99 Å². The fourth-order valence-corrected chi connectivity index (χ4v) is 3.31. The van der Waals surface area contributed by atoms with Crippen molar-refractivity contribution in [1.82, 2.24) is 4.90 Å². The molecule has 0 unspecified atom stereocenters. The van der Waals surface area contributed by atoms with Crippen molar-refractivity contribution in [2.45, 2.75) is 96.7 Å². The van der Waals surface area contributed by atoms with Crippen molar-refractivity contribution < 1.29 is 0 Å². The Labute approximate surface area is 120 Å². The Kier molecular flexibility index (Phi) is 6.04. The lowest BCUT2D eigenvalue weighted by atomic mass is 9.78. The SMILES string of the molecule is CCCCCC/C=N/C1CC(C)(C)N(C)C(C)(C)C1. The Bertz CT molecular complexity index is 274. The molecule has 1 saturated heterocycles. The lowest BCUT2D eigenvalue weighted by molar-refractivity contribution is -0.0106. The lowest BCUT2D eigenvalue weighted by Crippen LogP contribution is -2.59. The molecule has 112 valence electrons. The molecular formula is C17H34N2. The van der Waals surface area contributed by atoms with Crippen LogP contribution in [0.1, 0.15) is 79.6 Å². The number of hydrogen-bond acceptors (Lipinski definition) is 2. The van der Waals surface area contributed by atoms with Gasteiger partial charge in [-0.05, 0) is 66.6 Å². The Morgan fingerprint density at radius 2 is 1.63 bits per heavy atom. The average molecular weight is 266 g/mol. The molecule has 0 amide bonds. The highest BCUT2D eigenvalue weighted by Crippen LogP contribution is 2.37. The monoisotopic (exact) mass is 266 g/mol. The van der Waals surface area contributed by atoms with E-state index >= 15 is 0 Å². The molecule has 0 saturated carbocycles. The summed E-state index contributed by atoms with van der Waals surface area (Å²) >= 11 is 0. The van der Waals surface area contributed by atoms with Crippen molar-refractivity contribution >= 4 is 6.21 Å². The van der Waals surface area contributed by atoms with Crippen molar-refractivity contribution in [2.75, 3.05) is 7.05 Å². The van der Waals surface area contributed by atoms with Gasteiger partial charge in [0.2, 0.25) is 0 Å². The summed E-state index contributed by atoms with van der Waals surface area (Å²) in [4.78, 5) is 7.38. The van der Waals surface area contributed by atoms with Crippen molar-refractivity contribution in [3.8, 4) is 0 Å². The van der Waals surface area contributed by atoms with E-state index in [9.17, 15) is 0 Å². The summed E-state index contributed by atoms with van der Waals surface area (Å²) in [5.41, 5.74) is 0.512. The van der Waals surface area contributed by atoms with Gasteiger partial charge in [0.25, 0.3) is 0 Å². The molecule has 2 heteroatoms. The molecular weight excluding hydrogens is 232 g/mol. The zero-order valence-corrected chi connectivity index (χ0v) is 14.0. The number of likely N-dealkylation sites (tertiary alicyclic amines) is 1. The standard InChI is InChI=1S/C17H34N2/c1-7-8-9-10-11-12-18-15-13-16(2,3)19(6)17(4,5)14-15/h12,15H,7-11,13-14H2,1-6H3/b18-12+. The van der Waals surface area contributed by atoms with Crippen LogP contribution in [0.3, 0.4) is 0 Å². The van der Waals surface area contributed by atoms with Crippen LogP contribution in [0, 0.1) is 0 Å². The van der Waals surface area contributed by atoms with Gasteiger partial charge in [0.15, 0.2) is 0 Å². The third kappa shape index (κ3) is 4.91. The first-order valence-corrected chi connectivity index (χ1v) is 8.05. The van der Waals surface area contributed by atoms with Gasteiger partial charge in [-0.1, -0.05) is 26.2 Å². The van der Waals surface area contributed by atoms with E-state index in [1.807, 2.05) is 0 Å². The Morgan fingerprint density at radius 3 is 2.16 bits per heavy atom. The van der Waals surface area contributed by atoms with Crippen LogP contribution in [-0.4, -0.2) is 35.3 Å². The summed E-state index contributed by atoms with van der Waals surface area (Å²) in [5.74, 6) is 0. The van der Waals surface area contributed by atoms with E-state index in [1.54, 1.807) is 0 Å². The number of nitrogens with zero attached hydrogens (tertiary/aromatic N) is 2. The summed E-state index contributed by atoms with van der Waals surface area (Å²) in [6.07, 6.45) is 11.0. The predicted octanol–water partition coefficient (Wildman–Crippen LogP) is 4.68. The average Bonchev–Trinajstić information content (AvgIpc) is 2.30. The smallest absolute Gasteiger partial charge is 0.0530 e. The maximum absolute atomic E-state index is 4.85. The summed E-state index contributed by atoms with van der Waals surface area (Å²) in [6.45, 7) is 11.6. The lowest BCUT2D eigenvalue weighted by Gasteiger charge is -2.52. The van der Waals surface area contributed by atoms with Crippen LogP contribution in [0.2, 0.25) is 0 Å². The van der Waals surface area contributed by atoms with Gasteiger partial charge in [0, 0.05) is 11.1 Å². The van der Waals surface area contributed by atoms with E-state index in [0.29, 0.717) is 6.04 Å². The summed E-state index contributed by atoms with van der Waals surface area (Å²) in [5, 5.41) is 0. The minimum Gasteiger partial charge on any atom is -0.296 e. The zero-order chi connectivity index (χ0) is 14.5. The number of rotatable bonds is 6. The third-order valence-corrected chi connectivity index (χ3v) is 4.79. The molecule has 0 radical (unpaired) electrons. The molecule has 1 fully saturated rings. The first-order chi connectivity index (χ1) is 8.79. The first kappa shape index (κ1) is 16.7. The predicted molar refractivity (Wildman–Crippen MR) is 86.2 cm³/mol. The van der Waals surface area contributed by atoms with E-state index in [1.165, 1.54) is 38.5 Å². The summed E-state index contributed by atoms with van der Waals surface area (Å²) < 4.78 is 0. The van der Waals surface area contributed by atoms with Crippen LogP contribution < -0.4 is 0 Å². The van der Waals surface area contributed by atoms with E-state index in [2.05, 4.69) is 52.8 Å². The quantitative estimate of drug-likeness (QED) is 0.503. The van der Waals surface area contributed by atoms with Crippen LogP contribution in [-0.2, 0) is 0 Å². The molecule has 1 aliphatic heterocycles. The third-order valence-electron chi connectivity index (χ3n) is 4.79. The highest BCUT2D eigenvalue weighted by molar-refractivity contribution is 5.57. The number of unbranched alkanes of at least 4 members (excludes halogenated alkanes) is 4. The van der Waals surface area contributed by atoms with Crippen molar-refractivity contribution in [3.63, 3.8) is 0 Å². The van der Waals surface area contributed by atoms with Gasteiger partial charge in [-0.25, -0.2) is 0 Å². The molecule has 1 rings (SSSR count). The van der Waals surface area contributed by atoms with Crippen LogP contribution in [0.15, 0.2) is 4.99 Å². The number of piperidine rings is 1. The van der Waals surface area contributed by atoms with Gasteiger partial charge in [-0.3, -0.25) is 9.89 Å². The molecule has 2 nitrogen and oxygen atoms in total. The van der Waals surface area contributed by atoms with Gasteiger partial charge in [0.1, 0.15) is 0 Å². The fourth-order valence-electron chi connectivity index (χ4n) is 3.31. The second-order valence-electron chi connectivity index (χ2n) is 7.43. The van der Waals surface area contributed by atoms with Crippen LogP contribution in [0.5, 0.6) is 0 Å². The van der Waals surface area contributed by atoms with E-state index in [-0.39, 0.29) is 11.1 Å². The minimum absolute atomic E-state index is 0.256. The topological polar surface area (TPSA) is 15.6 Å². The normalized spacial score (nSPS) is 24.1. The van der Waals surface area contributed by atoms with Gasteiger partial charge in [0.05, 0.1) is 6.04 Å². The molecule has 0 atom stereocenters. The first-order valence-electron chi connectivity index (χ1n) is 8.05. The fraction of sp³-hybridized carbons (Fsp3) is 0.941. The van der Waals surface area contributed by atoms with Crippen molar-refractivity contribution in [3.05, 3.63) is 0 Å². The highest BCUT2D eigenvalue weighted by atomic mass is 15.2. The number of hydrogen-bond donors (Lipinski definition) is 0. The van der Waals surface area contributed by atoms with Crippen LogP contribution in [0.25, 0.3) is 0 Å². The zero-order valence-electron chi connectivity index (χ0n) is 14.0. The van der Waals surface area contributed by atoms with Gasteiger partial charge in [-0.15, -0.1) is 0 Å². The maximum Gasteiger partial charge on any atom is 0.0530 e. The molecule has 0 spiro atoms. The highest BCUT2D eigenvalue weighted by Gasteiger charge is 2.42. The van der Waals surface area contributed by atoms with E-state index < -0.39 is 0 Å². The molecule has 19 heavy (non-hydrogen) atoms. The molecule has 1 heterocycles. The molecule has 0 aliphatic carbocycles. The number of aliphatic imine (C=N–C) groups is 1. The molecule has 1 aliphatic rings. The largest absolute Gasteiger partial charge is 0.296 e. The Morgan fingerprint density at radius 1 is 1.05 bits per heavy atom. The Balaban J connectivity index is 2.44. The summed E-state index contributed by atoms with van der Waals surface area (Å²) in [6, 6.07) is 0.507. The van der Waals surface area contributed by atoms with Gasteiger partial charge in [-0.2, -0.15) is 0 Å². The van der Waals surface area contributed by atoms with Crippen LogP contribution in [0.4, 0.5) is 0 Å².